The van der Waals surface area contributed by atoms with Gasteiger partial charge >= 0.3 is 0 Å². The minimum absolute atomic E-state index is 0.275. The van der Waals surface area contributed by atoms with Crippen molar-refractivity contribution in [3.8, 4) is 11.5 Å². The van der Waals surface area contributed by atoms with Gasteiger partial charge in [-0.2, -0.15) is 0 Å². The van der Waals surface area contributed by atoms with Crippen molar-refractivity contribution in [2.45, 2.75) is 0 Å². The van der Waals surface area contributed by atoms with E-state index in [-0.39, 0.29) is 5.56 Å². The number of rotatable bonds is 3. The standard InChI is InChI=1S/C16H13N3O2/c17-11-6-7-12(16(18)20)14(9-11)21-13-5-1-3-10-4-2-8-19-15(10)13/h1-9H,17H2,(H2,18,20). The summed E-state index contributed by atoms with van der Waals surface area (Å²) in [7, 11) is 0. The smallest absolute Gasteiger partial charge is 0.252 e. The van der Waals surface area contributed by atoms with Crippen LogP contribution in [0.1, 0.15) is 10.4 Å². The van der Waals surface area contributed by atoms with Gasteiger partial charge in [0.05, 0.1) is 5.56 Å². The number of hydrogen-bond acceptors (Lipinski definition) is 4. The second-order valence-corrected chi connectivity index (χ2v) is 4.55. The molecule has 0 bridgehead atoms. The van der Waals surface area contributed by atoms with E-state index < -0.39 is 5.91 Å². The second-order valence-electron chi connectivity index (χ2n) is 4.55. The molecule has 5 nitrogen and oxygen atoms in total. The Bertz CT molecular complexity index is 825. The van der Waals surface area contributed by atoms with Crippen LogP contribution in [0.3, 0.4) is 0 Å². The van der Waals surface area contributed by atoms with Gasteiger partial charge in [-0.1, -0.05) is 18.2 Å². The number of nitrogen functional groups attached to an aromatic ring is 1. The highest BCUT2D eigenvalue weighted by molar-refractivity contribution is 5.96. The predicted octanol–water partition coefficient (Wildman–Crippen LogP) is 2.71. The van der Waals surface area contributed by atoms with Crippen LogP contribution in [0.15, 0.2) is 54.7 Å². The summed E-state index contributed by atoms with van der Waals surface area (Å²) in [4.78, 5) is 15.8. The maximum absolute atomic E-state index is 11.5. The van der Waals surface area contributed by atoms with Gasteiger partial charge in [0.2, 0.25) is 0 Å². The van der Waals surface area contributed by atoms with Gasteiger partial charge in [-0.3, -0.25) is 9.78 Å². The lowest BCUT2D eigenvalue weighted by atomic mass is 10.1. The Labute approximate surface area is 121 Å². The summed E-state index contributed by atoms with van der Waals surface area (Å²) >= 11 is 0. The molecule has 0 saturated carbocycles. The Hall–Kier alpha value is -3.08. The molecular weight excluding hydrogens is 266 g/mol. The number of benzene rings is 2. The van der Waals surface area contributed by atoms with Gasteiger partial charge in [0.1, 0.15) is 11.3 Å². The first kappa shape index (κ1) is 12.9. The van der Waals surface area contributed by atoms with Crippen molar-refractivity contribution < 1.29 is 9.53 Å². The average Bonchev–Trinajstić information content (AvgIpc) is 2.47. The minimum atomic E-state index is -0.571. The van der Waals surface area contributed by atoms with Crippen molar-refractivity contribution in [3.05, 3.63) is 60.3 Å². The molecule has 1 amide bonds. The molecule has 0 radical (unpaired) electrons. The number of pyridine rings is 1. The van der Waals surface area contributed by atoms with E-state index >= 15 is 0 Å². The Morgan fingerprint density at radius 1 is 1.05 bits per heavy atom. The number of hydrogen-bond donors (Lipinski definition) is 2. The van der Waals surface area contributed by atoms with E-state index in [2.05, 4.69) is 4.98 Å². The van der Waals surface area contributed by atoms with Crippen molar-refractivity contribution >= 4 is 22.5 Å². The SMILES string of the molecule is NC(=O)c1ccc(N)cc1Oc1cccc2cccnc12. The molecule has 104 valence electrons. The van der Waals surface area contributed by atoms with Crippen molar-refractivity contribution in [2.75, 3.05) is 5.73 Å². The van der Waals surface area contributed by atoms with Crippen LogP contribution >= 0.6 is 0 Å². The highest BCUT2D eigenvalue weighted by atomic mass is 16.5. The molecule has 0 atom stereocenters. The van der Waals surface area contributed by atoms with Crippen LogP contribution in [-0.4, -0.2) is 10.9 Å². The van der Waals surface area contributed by atoms with E-state index in [1.54, 1.807) is 30.5 Å². The van der Waals surface area contributed by atoms with E-state index in [0.29, 0.717) is 22.7 Å². The van der Waals surface area contributed by atoms with Gasteiger partial charge in [-0.25, -0.2) is 0 Å². The number of nitrogens with two attached hydrogens (primary N) is 2. The zero-order valence-corrected chi connectivity index (χ0v) is 11.1. The molecule has 0 aliphatic heterocycles. The molecule has 0 saturated heterocycles. The lowest BCUT2D eigenvalue weighted by molar-refractivity contribution is 0.0998. The van der Waals surface area contributed by atoms with Crippen LogP contribution in [0, 0.1) is 0 Å². The Kier molecular flexibility index (Phi) is 3.16. The second kappa shape index (κ2) is 5.13. The molecule has 2 aromatic carbocycles. The van der Waals surface area contributed by atoms with E-state index in [4.69, 9.17) is 16.2 Å². The number of carbonyl (C=O) groups is 1. The van der Waals surface area contributed by atoms with Gasteiger partial charge in [0, 0.05) is 23.3 Å². The molecule has 1 aromatic heterocycles. The molecule has 1 heterocycles. The van der Waals surface area contributed by atoms with Crippen LogP contribution in [0.25, 0.3) is 10.9 Å². The summed E-state index contributed by atoms with van der Waals surface area (Å²) in [6.45, 7) is 0. The van der Waals surface area contributed by atoms with Gasteiger partial charge < -0.3 is 16.2 Å². The number of nitrogens with zero attached hydrogens (tertiary/aromatic N) is 1. The molecule has 0 aliphatic rings. The van der Waals surface area contributed by atoms with Gasteiger partial charge in [0.15, 0.2) is 5.75 Å². The topological polar surface area (TPSA) is 91.2 Å². The largest absolute Gasteiger partial charge is 0.454 e. The fraction of sp³-hybridized carbons (Fsp3) is 0. The molecule has 0 unspecified atom stereocenters. The quantitative estimate of drug-likeness (QED) is 0.721. The highest BCUT2D eigenvalue weighted by Gasteiger charge is 2.12. The van der Waals surface area contributed by atoms with Gasteiger partial charge in [0.25, 0.3) is 5.91 Å². The molecule has 3 aromatic rings. The molecular formula is C16H13N3O2. The lowest BCUT2D eigenvalue weighted by Crippen LogP contribution is -2.12. The summed E-state index contributed by atoms with van der Waals surface area (Å²) in [5.41, 5.74) is 12.6. The van der Waals surface area contributed by atoms with Crippen molar-refractivity contribution in [1.29, 1.82) is 0 Å². The summed E-state index contributed by atoms with van der Waals surface area (Å²) in [6, 6.07) is 14.1. The van der Waals surface area contributed by atoms with Crippen molar-refractivity contribution in [2.24, 2.45) is 5.73 Å². The molecule has 0 spiro atoms. The summed E-state index contributed by atoms with van der Waals surface area (Å²) in [5, 5.41) is 0.944. The Morgan fingerprint density at radius 3 is 2.67 bits per heavy atom. The van der Waals surface area contributed by atoms with Crippen LogP contribution in [0.5, 0.6) is 11.5 Å². The fourth-order valence-corrected chi connectivity index (χ4v) is 2.10. The van der Waals surface area contributed by atoms with Gasteiger partial charge in [-0.05, 0) is 24.3 Å². The lowest BCUT2D eigenvalue weighted by Gasteiger charge is -2.11. The normalized spacial score (nSPS) is 10.5. The zero-order valence-electron chi connectivity index (χ0n) is 11.1. The number of ether oxygens (including phenoxy) is 1. The number of amides is 1. The molecule has 21 heavy (non-hydrogen) atoms. The van der Waals surface area contributed by atoms with E-state index in [0.717, 1.165) is 5.39 Å². The minimum Gasteiger partial charge on any atom is -0.454 e. The van der Waals surface area contributed by atoms with Crippen LogP contribution in [-0.2, 0) is 0 Å². The monoisotopic (exact) mass is 279 g/mol. The third-order valence-corrected chi connectivity index (χ3v) is 3.09. The maximum Gasteiger partial charge on any atom is 0.252 e. The number of para-hydroxylation sites is 1. The van der Waals surface area contributed by atoms with Crippen LogP contribution in [0.2, 0.25) is 0 Å². The van der Waals surface area contributed by atoms with Crippen molar-refractivity contribution in [1.82, 2.24) is 4.98 Å². The number of carbonyl (C=O) groups excluding carboxylic acids is 1. The molecule has 4 N–H and O–H groups in total. The van der Waals surface area contributed by atoms with Gasteiger partial charge in [-0.15, -0.1) is 0 Å². The third-order valence-electron chi connectivity index (χ3n) is 3.09. The first-order chi connectivity index (χ1) is 10.1. The van der Waals surface area contributed by atoms with E-state index in [1.165, 1.54) is 0 Å². The molecule has 0 aliphatic carbocycles. The average molecular weight is 279 g/mol. The molecule has 0 fully saturated rings. The predicted molar refractivity (Wildman–Crippen MR) is 81.2 cm³/mol. The summed E-state index contributed by atoms with van der Waals surface area (Å²) in [6.07, 6.45) is 1.68. The molecule has 3 rings (SSSR count). The zero-order chi connectivity index (χ0) is 14.8. The van der Waals surface area contributed by atoms with E-state index in [9.17, 15) is 4.79 Å². The number of anilines is 1. The number of aromatic nitrogens is 1. The summed E-state index contributed by atoms with van der Waals surface area (Å²) in [5.74, 6) is 0.292. The first-order valence-corrected chi connectivity index (χ1v) is 6.36. The number of primary amides is 1. The Morgan fingerprint density at radius 2 is 1.86 bits per heavy atom. The first-order valence-electron chi connectivity index (χ1n) is 6.36. The fourth-order valence-electron chi connectivity index (χ4n) is 2.10. The Balaban J connectivity index is 2.11. The summed E-state index contributed by atoms with van der Waals surface area (Å²) < 4.78 is 5.82. The van der Waals surface area contributed by atoms with Crippen LogP contribution in [0.4, 0.5) is 5.69 Å². The van der Waals surface area contributed by atoms with E-state index in [1.807, 2.05) is 24.3 Å². The highest BCUT2D eigenvalue weighted by Crippen LogP contribution is 2.31. The van der Waals surface area contributed by atoms with Crippen molar-refractivity contribution in [3.63, 3.8) is 0 Å². The number of fused-ring (bicyclic) bond motifs is 1. The van der Waals surface area contributed by atoms with Crippen LogP contribution < -0.4 is 16.2 Å². The third kappa shape index (κ3) is 2.49. The maximum atomic E-state index is 11.5. The molecule has 5 heteroatoms.